The van der Waals surface area contributed by atoms with Crippen LogP contribution in [-0.4, -0.2) is 16.1 Å². The van der Waals surface area contributed by atoms with Gasteiger partial charge in [0.05, 0.1) is 16.8 Å². The number of carboxylic acid groups (broad SMARTS) is 1. The average molecular weight is 434 g/mol. The molecule has 2 aromatic heterocycles. The molecule has 1 N–H and O–H groups in total. The zero-order valence-electron chi connectivity index (χ0n) is 15.0. The highest BCUT2D eigenvalue weighted by Crippen LogP contribution is 2.26. The molecule has 0 fully saturated rings. The summed E-state index contributed by atoms with van der Waals surface area (Å²) < 4.78 is 6.88. The summed E-state index contributed by atoms with van der Waals surface area (Å²) in [5, 5.41) is 10.2. The number of hydrogen-bond acceptors (Lipinski definition) is 3. The number of aromatic nitrogens is 1. The maximum Gasteiger partial charge on any atom is 0.336 e. The van der Waals surface area contributed by atoms with E-state index in [1.54, 1.807) is 24.3 Å². The fourth-order valence-electron chi connectivity index (χ4n) is 3.05. The number of furan rings is 1. The highest BCUT2D eigenvalue weighted by molar-refractivity contribution is 9.10. The van der Waals surface area contributed by atoms with Crippen LogP contribution < -0.4 is 0 Å². The van der Waals surface area contributed by atoms with Crippen molar-refractivity contribution in [1.82, 2.24) is 4.98 Å². The van der Waals surface area contributed by atoms with Crippen molar-refractivity contribution in [2.24, 2.45) is 0 Å². The molecule has 0 amide bonds. The molecule has 138 valence electrons. The van der Waals surface area contributed by atoms with Crippen LogP contribution in [0.3, 0.4) is 0 Å². The molecule has 0 aliphatic heterocycles. The van der Waals surface area contributed by atoms with Crippen LogP contribution >= 0.6 is 15.9 Å². The summed E-state index contributed by atoms with van der Waals surface area (Å²) in [5.74, 6) is 0.463. The molecular weight excluding hydrogens is 418 g/mol. The first-order chi connectivity index (χ1) is 13.5. The topological polar surface area (TPSA) is 63.3 Å². The van der Waals surface area contributed by atoms with Crippen LogP contribution in [0.4, 0.5) is 0 Å². The Morgan fingerprint density at radius 2 is 1.86 bits per heavy atom. The average Bonchev–Trinajstić information content (AvgIpc) is 3.16. The van der Waals surface area contributed by atoms with E-state index in [1.807, 2.05) is 55.5 Å². The summed E-state index contributed by atoms with van der Waals surface area (Å²) >= 11 is 3.42. The van der Waals surface area contributed by atoms with Crippen LogP contribution in [0, 0.1) is 6.92 Å². The molecule has 0 spiro atoms. The van der Waals surface area contributed by atoms with E-state index in [0.29, 0.717) is 22.4 Å². The molecule has 0 aliphatic carbocycles. The minimum Gasteiger partial charge on any atom is -0.478 e. The summed E-state index contributed by atoms with van der Waals surface area (Å²) in [6.45, 7) is 1.92. The second-order valence-corrected chi connectivity index (χ2v) is 7.33. The summed E-state index contributed by atoms with van der Waals surface area (Å²) in [4.78, 5) is 16.3. The lowest BCUT2D eigenvalue weighted by Gasteiger charge is -2.06. The van der Waals surface area contributed by atoms with Crippen LogP contribution in [0.25, 0.3) is 34.4 Å². The van der Waals surface area contributed by atoms with Gasteiger partial charge in [0.15, 0.2) is 0 Å². The number of para-hydroxylation sites is 1. The lowest BCUT2D eigenvalue weighted by atomic mass is 10.0. The first-order valence-electron chi connectivity index (χ1n) is 8.69. The maximum absolute atomic E-state index is 11.7. The Kier molecular flexibility index (Phi) is 4.84. The molecule has 0 radical (unpaired) electrons. The predicted octanol–water partition coefficient (Wildman–Crippen LogP) is 6.43. The fourth-order valence-corrected chi connectivity index (χ4v) is 3.32. The van der Waals surface area contributed by atoms with Gasteiger partial charge in [0.1, 0.15) is 11.5 Å². The van der Waals surface area contributed by atoms with Crippen LogP contribution in [0.5, 0.6) is 0 Å². The summed E-state index contributed by atoms with van der Waals surface area (Å²) in [6, 6.07) is 18.8. The van der Waals surface area contributed by atoms with Gasteiger partial charge in [-0.05, 0) is 55.0 Å². The van der Waals surface area contributed by atoms with Gasteiger partial charge in [-0.25, -0.2) is 9.78 Å². The van der Waals surface area contributed by atoms with Crippen LogP contribution in [0.15, 0.2) is 69.6 Å². The number of nitrogens with zero attached hydrogens (tertiary/aromatic N) is 1. The minimum absolute atomic E-state index is 0.239. The van der Waals surface area contributed by atoms with Gasteiger partial charge in [-0.3, -0.25) is 0 Å². The Balaban J connectivity index is 1.68. The molecule has 4 rings (SSSR count). The number of halogens is 1. The lowest BCUT2D eigenvalue weighted by Crippen LogP contribution is -2.01. The van der Waals surface area contributed by atoms with Crippen LogP contribution in [0.2, 0.25) is 0 Å². The molecule has 0 atom stereocenters. The zero-order valence-corrected chi connectivity index (χ0v) is 16.6. The minimum atomic E-state index is -0.969. The lowest BCUT2D eigenvalue weighted by molar-refractivity contribution is 0.0699. The number of carboxylic acids is 1. The third kappa shape index (κ3) is 3.62. The molecule has 2 aromatic carbocycles. The molecule has 0 bridgehead atoms. The van der Waals surface area contributed by atoms with E-state index >= 15 is 0 Å². The molecule has 0 aliphatic rings. The molecule has 28 heavy (non-hydrogen) atoms. The zero-order chi connectivity index (χ0) is 19.7. The monoisotopic (exact) mass is 433 g/mol. The largest absolute Gasteiger partial charge is 0.478 e. The Hall–Kier alpha value is -3.18. The highest BCUT2D eigenvalue weighted by Gasteiger charge is 2.12. The smallest absolute Gasteiger partial charge is 0.336 e. The molecule has 4 aromatic rings. The fraction of sp³-hybridized carbons (Fsp3) is 0.0435. The first-order valence-corrected chi connectivity index (χ1v) is 9.48. The molecule has 2 heterocycles. The summed E-state index contributed by atoms with van der Waals surface area (Å²) in [6.07, 6.45) is 3.56. The Labute approximate surface area is 170 Å². The number of pyridine rings is 1. The van der Waals surface area contributed by atoms with Crippen molar-refractivity contribution in [2.45, 2.75) is 6.92 Å². The van der Waals surface area contributed by atoms with E-state index in [4.69, 9.17) is 4.42 Å². The van der Waals surface area contributed by atoms with E-state index in [1.165, 1.54) is 0 Å². The number of aryl methyl sites for hydroxylation is 1. The van der Waals surface area contributed by atoms with Crippen molar-refractivity contribution in [1.29, 1.82) is 0 Å². The third-order valence-corrected chi connectivity index (χ3v) is 4.99. The molecular formula is C23H16BrNO3. The van der Waals surface area contributed by atoms with Gasteiger partial charge in [0.25, 0.3) is 0 Å². The van der Waals surface area contributed by atoms with E-state index in [9.17, 15) is 9.90 Å². The molecule has 0 saturated heterocycles. The van der Waals surface area contributed by atoms with E-state index in [0.717, 1.165) is 21.4 Å². The van der Waals surface area contributed by atoms with Gasteiger partial charge in [0, 0.05) is 15.4 Å². The number of fused-ring (bicyclic) bond motifs is 1. The van der Waals surface area contributed by atoms with Gasteiger partial charge in [0.2, 0.25) is 0 Å². The van der Waals surface area contributed by atoms with Crippen LogP contribution in [0.1, 0.15) is 27.4 Å². The second-order valence-electron chi connectivity index (χ2n) is 6.41. The van der Waals surface area contributed by atoms with Crippen molar-refractivity contribution in [3.05, 3.63) is 87.7 Å². The number of benzene rings is 2. The maximum atomic E-state index is 11.7. The highest BCUT2D eigenvalue weighted by atomic mass is 79.9. The number of rotatable bonds is 4. The Morgan fingerprint density at radius 1 is 1.07 bits per heavy atom. The van der Waals surface area contributed by atoms with Crippen molar-refractivity contribution in [2.75, 3.05) is 0 Å². The normalized spacial score (nSPS) is 11.4. The number of aromatic carboxylic acids is 1. The number of hydrogen-bond donors (Lipinski definition) is 1. The second kappa shape index (κ2) is 7.44. The predicted molar refractivity (Wildman–Crippen MR) is 114 cm³/mol. The summed E-state index contributed by atoms with van der Waals surface area (Å²) in [5.41, 5.74) is 3.42. The van der Waals surface area contributed by atoms with E-state index < -0.39 is 5.97 Å². The standard InChI is InChI=1S/C23H16BrNO3/c1-14-3-2-4-19-20(23(26)27)13-17(25-22(14)19)9-10-18-11-12-21(28-18)15-5-7-16(24)8-6-15/h2-13H,1H3,(H,26,27)/b10-9+. The van der Waals surface area contributed by atoms with E-state index in [2.05, 4.69) is 20.9 Å². The van der Waals surface area contributed by atoms with Gasteiger partial charge in [-0.1, -0.05) is 46.3 Å². The molecule has 0 saturated carbocycles. The van der Waals surface area contributed by atoms with Gasteiger partial charge in [-0.2, -0.15) is 0 Å². The Bertz CT molecular complexity index is 1210. The summed E-state index contributed by atoms with van der Waals surface area (Å²) in [7, 11) is 0. The van der Waals surface area contributed by atoms with Crippen LogP contribution in [-0.2, 0) is 0 Å². The van der Waals surface area contributed by atoms with Crippen molar-refractivity contribution < 1.29 is 14.3 Å². The van der Waals surface area contributed by atoms with Gasteiger partial charge < -0.3 is 9.52 Å². The van der Waals surface area contributed by atoms with Crippen molar-refractivity contribution >= 4 is 45.0 Å². The number of carbonyl (C=O) groups is 1. The van der Waals surface area contributed by atoms with Crippen molar-refractivity contribution in [3.8, 4) is 11.3 Å². The Morgan fingerprint density at radius 3 is 2.61 bits per heavy atom. The third-order valence-electron chi connectivity index (χ3n) is 4.47. The van der Waals surface area contributed by atoms with Gasteiger partial charge >= 0.3 is 5.97 Å². The van der Waals surface area contributed by atoms with E-state index in [-0.39, 0.29) is 5.56 Å². The van der Waals surface area contributed by atoms with Gasteiger partial charge in [-0.15, -0.1) is 0 Å². The van der Waals surface area contributed by atoms with Crippen molar-refractivity contribution in [3.63, 3.8) is 0 Å². The molecule has 0 unspecified atom stereocenters. The molecule has 5 heteroatoms. The quantitative estimate of drug-likeness (QED) is 0.402. The molecule has 4 nitrogen and oxygen atoms in total. The first kappa shape index (κ1) is 18.2. The SMILES string of the molecule is Cc1cccc2c(C(=O)O)cc(/C=C/c3ccc(-c4ccc(Br)cc4)o3)nc12.